The highest BCUT2D eigenvalue weighted by atomic mass is 35.5. The second kappa shape index (κ2) is 9.01. The van der Waals surface area contributed by atoms with Crippen LogP contribution in [0.2, 0.25) is 10.0 Å². The lowest BCUT2D eigenvalue weighted by Gasteiger charge is -2.23. The maximum Gasteiger partial charge on any atom is 0.452 e. The van der Waals surface area contributed by atoms with E-state index in [-0.39, 0.29) is 26.9 Å². The van der Waals surface area contributed by atoms with Gasteiger partial charge in [-0.05, 0) is 24.3 Å². The van der Waals surface area contributed by atoms with Crippen molar-refractivity contribution in [2.75, 3.05) is 0 Å². The minimum Gasteiger partial charge on any atom is -0.481 e. The molecule has 0 aliphatic carbocycles. The summed E-state index contributed by atoms with van der Waals surface area (Å²) in [7, 11) is 0. The van der Waals surface area contributed by atoms with Gasteiger partial charge in [-0.1, -0.05) is 35.3 Å². The second-order valence-corrected chi connectivity index (χ2v) is 7.87. The van der Waals surface area contributed by atoms with Crippen molar-refractivity contribution in [3.8, 4) is 11.4 Å². The molecular weight excluding hydrogens is 512 g/mol. The van der Waals surface area contributed by atoms with E-state index in [1.807, 2.05) is 0 Å². The maximum atomic E-state index is 13.7. The number of alkyl halides is 5. The lowest BCUT2D eigenvalue weighted by atomic mass is 9.99. The lowest BCUT2D eigenvalue weighted by molar-refractivity contribution is -0.146. The largest absolute Gasteiger partial charge is 0.481 e. The molecular formula is C20H12Cl2F5N3O4. The van der Waals surface area contributed by atoms with Gasteiger partial charge >= 0.3 is 18.8 Å². The molecule has 34 heavy (non-hydrogen) atoms. The number of ether oxygens (including phenoxy) is 2. The van der Waals surface area contributed by atoms with Crippen LogP contribution in [0.5, 0.6) is 5.75 Å². The first-order valence-corrected chi connectivity index (χ1v) is 10.2. The third kappa shape index (κ3) is 4.52. The average Bonchev–Trinajstić information content (AvgIpc) is 3.13. The molecule has 0 fully saturated rings. The molecule has 1 aliphatic heterocycles. The van der Waals surface area contributed by atoms with E-state index in [0.717, 1.165) is 0 Å². The van der Waals surface area contributed by atoms with Crippen molar-refractivity contribution in [3.63, 3.8) is 0 Å². The first-order chi connectivity index (χ1) is 16.0. The van der Waals surface area contributed by atoms with Crippen molar-refractivity contribution >= 4 is 29.2 Å². The molecule has 0 radical (unpaired) electrons. The number of carbonyl (C=O) groups is 1. The predicted octanol–water partition coefficient (Wildman–Crippen LogP) is 5.83. The van der Waals surface area contributed by atoms with Gasteiger partial charge in [0.25, 0.3) is 0 Å². The first-order valence-electron chi connectivity index (χ1n) is 9.40. The Morgan fingerprint density at radius 2 is 1.91 bits per heavy atom. The van der Waals surface area contributed by atoms with Crippen molar-refractivity contribution in [3.05, 3.63) is 69.2 Å². The summed E-state index contributed by atoms with van der Waals surface area (Å²) in [6.07, 6.45) is -8.57. The predicted molar refractivity (Wildman–Crippen MR) is 107 cm³/mol. The van der Waals surface area contributed by atoms with E-state index in [1.54, 1.807) is 0 Å². The second-order valence-electron chi connectivity index (χ2n) is 7.06. The molecule has 0 saturated carbocycles. The fraction of sp³-hybridized carbons (Fsp3) is 0.250. The third-order valence-electron chi connectivity index (χ3n) is 4.89. The quantitative estimate of drug-likeness (QED) is 0.423. The van der Waals surface area contributed by atoms with E-state index in [0.29, 0.717) is 4.57 Å². The first kappa shape index (κ1) is 24.2. The van der Waals surface area contributed by atoms with Crippen molar-refractivity contribution in [1.82, 2.24) is 14.8 Å². The number of aromatic nitrogens is 3. The van der Waals surface area contributed by atoms with E-state index in [9.17, 15) is 31.9 Å². The van der Waals surface area contributed by atoms with Gasteiger partial charge in [0, 0.05) is 16.1 Å². The van der Waals surface area contributed by atoms with Gasteiger partial charge in [-0.25, -0.2) is 0 Å². The summed E-state index contributed by atoms with van der Waals surface area (Å²) in [5.41, 5.74) is -0.0279. The summed E-state index contributed by atoms with van der Waals surface area (Å²) in [5, 5.41) is 15.9. The molecule has 1 N–H and O–H groups in total. The number of hydrogen-bond donors (Lipinski definition) is 1. The average molecular weight is 524 g/mol. The number of aliphatic carboxylic acids is 1. The fourth-order valence-electron chi connectivity index (χ4n) is 3.62. The molecule has 7 nitrogen and oxygen atoms in total. The van der Waals surface area contributed by atoms with Crippen molar-refractivity contribution < 1.29 is 41.3 Å². The number of halogens is 7. The van der Waals surface area contributed by atoms with Crippen LogP contribution in [0, 0.1) is 0 Å². The Kier molecular flexibility index (Phi) is 6.40. The minimum atomic E-state index is -4.95. The van der Waals surface area contributed by atoms with Crippen LogP contribution in [0.25, 0.3) is 5.69 Å². The Labute approximate surface area is 197 Å². The van der Waals surface area contributed by atoms with Gasteiger partial charge in [0.05, 0.1) is 17.1 Å². The summed E-state index contributed by atoms with van der Waals surface area (Å²) in [6.45, 7) is -3.20. The molecule has 0 bridgehead atoms. The third-order valence-corrected chi connectivity index (χ3v) is 5.53. The molecule has 1 aromatic heterocycles. The van der Waals surface area contributed by atoms with E-state index >= 15 is 0 Å². The van der Waals surface area contributed by atoms with Gasteiger partial charge in [-0.2, -0.15) is 22.0 Å². The Balaban J connectivity index is 1.99. The molecule has 2 atom stereocenters. The standard InChI is InChI=1S/C20H12Cl2F5N3O4/c21-8-4-5-11-10(6-8)16(9-2-1-3-12(15(9)22)34-19(23)24)33-13(7-14(31)32)17-28-29-18(30(11)17)20(25,26)27/h1-6,13,16,19H,7H2,(H,31,32)/t13-,16-/m1/s1. The Bertz CT molecular complexity index is 1250. The van der Waals surface area contributed by atoms with Crippen LogP contribution >= 0.6 is 23.2 Å². The van der Waals surface area contributed by atoms with Crippen molar-refractivity contribution in [2.24, 2.45) is 0 Å². The molecule has 1 aliphatic rings. The minimum absolute atomic E-state index is 0.0333. The van der Waals surface area contributed by atoms with Gasteiger partial charge < -0.3 is 14.6 Å². The highest BCUT2D eigenvalue weighted by molar-refractivity contribution is 6.33. The molecule has 2 aromatic carbocycles. The van der Waals surface area contributed by atoms with Crippen LogP contribution < -0.4 is 4.74 Å². The summed E-state index contributed by atoms with van der Waals surface area (Å²) >= 11 is 12.4. The van der Waals surface area contributed by atoms with Gasteiger partial charge in [0.2, 0.25) is 5.82 Å². The fourth-order valence-corrected chi connectivity index (χ4v) is 4.07. The zero-order valence-electron chi connectivity index (χ0n) is 16.6. The van der Waals surface area contributed by atoms with Gasteiger partial charge in [0.15, 0.2) is 5.82 Å². The number of carboxylic acid groups (broad SMARTS) is 1. The van der Waals surface area contributed by atoms with Crippen molar-refractivity contribution in [1.29, 1.82) is 0 Å². The summed E-state index contributed by atoms with van der Waals surface area (Å²) < 4.78 is 77.8. The zero-order valence-corrected chi connectivity index (χ0v) is 18.1. The molecule has 0 amide bonds. The van der Waals surface area contributed by atoms with Crippen LogP contribution in [0.4, 0.5) is 22.0 Å². The number of nitrogens with zero attached hydrogens (tertiary/aromatic N) is 3. The smallest absolute Gasteiger partial charge is 0.452 e. The highest BCUT2D eigenvalue weighted by Gasteiger charge is 2.43. The number of fused-ring (bicyclic) bond motifs is 3. The van der Waals surface area contributed by atoms with Crippen LogP contribution in [0.1, 0.15) is 41.4 Å². The van der Waals surface area contributed by atoms with E-state index in [2.05, 4.69) is 14.9 Å². The van der Waals surface area contributed by atoms with Crippen molar-refractivity contribution in [2.45, 2.75) is 31.4 Å². The monoisotopic (exact) mass is 523 g/mol. The molecule has 180 valence electrons. The number of carboxylic acids is 1. The van der Waals surface area contributed by atoms with Crippen LogP contribution in [0.3, 0.4) is 0 Å². The molecule has 0 spiro atoms. The number of rotatable bonds is 5. The lowest BCUT2D eigenvalue weighted by Crippen LogP contribution is -2.17. The molecule has 2 heterocycles. The van der Waals surface area contributed by atoms with Crippen LogP contribution in [-0.2, 0) is 15.7 Å². The summed E-state index contributed by atoms with van der Waals surface area (Å²) in [6, 6.07) is 7.74. The number of benzene rings is 2. The molecule has 14 heteroatoms. The topological polar surface area (TPSA) is 86.5 Å². The normalized spacial score (nSPS) is 17.8. The van der Waals surface area contributed by atoms with Crippen LogP contribution in [0.15, 0.2) is 36.4 Å². The Morgan fingerprint density at radius 3 is 2.56 bits per heavy atom. The molecule has 4 rings (SSSR count). The van der Waals surface area contributed by atoms with Gasteiger partial charge in [-0.3, -0.25) is 9.36 Å². The molecule has 0 unspecified atom stereocenters. The van der Waals surface area contributed by atoms with Crippen LogP contribution in [-0.4, -0.2) is 32.5 Å². The molecule has 3 aromatic rings. The van der Waals surface area contributed by atoms with Gasteiger partial charge in [0.1, 0.15) is 18.0 Å². The maximum absolute atomic E-state index is 13.7. The molecule has 0 saturated heterocycles. The van der Waals surface area contributed by atoms with Gasteiger partial charge in [-0.15, -0.1) is 10.2 Å². The number of hydrogen-bond acceptors (Lipinski definition) is 5. The Hall–Kier alpha value is -2.96. The van der Waals surface area contributed by atoms with E-state index in [4.69, 9.17) is 27.9 Å². The highest BCUT2D eigenvalue weighted by Crippen LogP contribution is 2.46. The summed E-state index contributed by atoms with van der Waals surface area (Å²) in [4.78, 5) is 11.5. The zero-order chi connectivity index (χ0) is 24.8. The summed E-state index contributed by atoms with van der Waals surface area (Å²) in [5.74, 6) is -3.63. The van der Waals surface area contributed by atoms with E-state index < -0.39 is 54.8 Å². The Morgan fingerprint density at radius 1 is 1.18 bits per heavy atom. The SMILES string of the molecule is O=C(O)C[C@H]1O[C@H](c2cccc(OC(F)F)c2Cl)c2cc(Cl)ccc2-n2c1nnc2C(F)(F)F. The van der Waals surface area contributed by atoms with E-state index in [1.165, 1.54) is 36.4 Å².